The molecule has 166 valence electrons. The van der Waals surface area contributed by atoms with Crippen molar-refractivity contribution < 1.29 is 9.13 Å². The first-order valence-corrected chi connectivity index (χ1v) is 10.9. The number of aliphatic imine (C=N–C) groups is 1. The van der Waals surface area contributed by atoms with Crippen LogP contribution in [0.1, 0.15) is 38.8 Å². The van der Waals surface area contributed by atoms with E-state index in [1.165, 1.54) is 12.1 Å². The topological polar surface area (TPSA) is 24.8 Å². The van der Waals surface area contributed by atoms with E-state index in [0.29, 0.717) is 18.7 Å². The number of ether oxygens (including phenoxy) is 1. The summed E-state index contributed by atoms with van der Waals surface area (Å²) in [7, 11) is 0. The second-order valence-electron chi connectivity index (χ2n) is 6.91. The summed E-state index contributed by atoms with van der Waals surface area (Å²) in [4.78, 5) is 6.53. The Hall–Kier alpha value is -2.66. The molecular formula is C26H32BrFN2O. The van der Waals surface area contributed by atoms with Crippen LogP contribution in [0.5, 0.6) is 0 Å². The third kappa shape index (κ3) is 8.54. The molecule has 0 amide bonds. The summed E-state index contributed by atoms with van der Waals surface area (Å²) in [6.45, 7) is 20.7. The lowest BCUT2D eigenvalue weighted by Gasteiger charge is -2.32. The highest BCUT2D eigenvalue weighted by molar-refractivity contribution is 9.11. The number of nitrogens with zero attached hydrogens (tertiary/aromatic N) is 2. The van der Waals surface area contributed by atoms with Gasteiger partial charge in [0.1, 0.15) is 12.4 Å². The van der Waals surface area contributed by atoms with Gasteiger partial charge < -0.3 is 9.64 Å². The molecule has 0 fully saturated rings. The first-order valence-electron chi connectivity index (χ1n) is 10.1. The molecule has 1 unspecified atom stereocenters. The van der Waals surface area contributed by atoms with Crippen molar-refractivity contribution in [3.63, 3.8) is 0 Å². The lowest BCUT2D eigenvalue weighted by Crippen LogP contribution is -2.35. The van der Waals surface area contributed by atoms with Crippen LogP contribution >= 0.6 is 15.9 Å². The normalized spacial score (nSPS) is 13.8. The molecule has 0 aliphatic heterocycles. The number of halogens is 2. The minimum absolute atomic E-state index is 0.0294. The quantitative estimate of drug-likeness (QED) is 0.174. The standard InChI is InChI=1S/C26H32BrFN2O/c1-8-11-16-29-21(6)25-15-14-24(28)17-26(25)22(7)30(10-3)19(4)18-31-20(5)12-13-23(27)9-2/h8-9,11-17,19H,1-2,7,10,18H2,3-6H3/b16-11-,20-12+,23-13+,29-21+. The fourth-order valence-electron chi connectivity index (χ4n) is 2.93. The Bertz CT molecular complexity index is 912. The number of likely N-dealkylation sites (N-methyl/N-ethyl adjacent to an activating group) is 1. The van der Waals surface area contributed by atoms with E-state index in [0.717, 1.165) is 27.2 Å². The fourth-order valence-corrected chi connectivity index (χ4v) is 3.07. The molecule has 5 heteroatoms. The average Bonchev–Trinajstić information content (AvgIpc) is 2.76. The van der Waals surface area contributed by atoms with E-state index in [1.807, 2.05) is 32.9 Å². The predicted molar refractivity (Wildman–Crippen MR) is 136 cm³/mol. The molecule has 0 heterocycles. The summed E-state index contributed by atoms with van der Waals surface area (Å²) in [6, 6.07) is 4.71. The van der Waals surface area contributed by atoms with E-state index in [4.69, 9.17) is 4.74 Å². The Morgan fingerprint density at radius 2 is 1.97 bits per heavy atom. The van der Waals surface area contributed by atoms with E-state index >= 15 is 0 Å². The molecule has 1 aromatic rings. The molecule has 1 aromatic carbocycles. The third-order valence-corrected chi connectivity index (χ3v) is 5.20. The van der Waals surface area contributed by atoms with Gasteiger partial charge in [-0.05, 0) is 64.1 Å². The number of allylic oxidation sites excluding steroid dienone is 7. The van der Waals surface area contributed by atoms with Gasteiger partial charge in [-0.15, -0.1) is 0 Å². The van der Waals surface area contributed by atoms with Crippen LogP contribution in [-0.2, 0) is 4.74 Å². The van der Waals surface area contributed by atoms with Crippen molar-refractivity contribution in [2.75, 3.05) is 13.2 Å². The molecule has 1 rings (SSSR count). The molecule has 0 saturated heterocycles. The van der Waals surface area contributed by atoms with E-state index in [1.54, 1.807) is 30.5 Å². The fraction of sp³-hybridized carbons (Fsp3) is 0.269. The van der Waals surface area contributed by atoms with Gasteiger partial charge in [-0.2, -0.15) is 0 Å². The summed E-state index contributed by atoms with van der Waals surface area (Å²) in [5, 5.41) is 0. The summed E-state index contributed by atoms with van der Waals surface area (Å²) in [6.07, 6.45) is 10.5. The Balaban J connectivity index is 3.09. The van der Waals surface area contributed by atoms with Crippen molar-refractivity contribution in [3.8, 4) is 0 Å². The van der Waals surface area contributed by atoms with Crippen molar-refractivity contribution in [2.45, 2.75) is 33.7 Å². The van der Waals surface area contributed by atoms with Crippen molar-refractivity contribution in [3.05, 3.63) is 102 Å². The summed E-state index contributed by atoms with van der Waals surface area (Å²) in [5.41, 5.74) is 3.05. The Labute approximate surface area is 194 Å². The maximum absolute atomic E-state index is 14.1. The van der Waals surface area contributed by atoms with Crippen LogP contribution in [0.4, 0.5) is 4.39 Å². The van der Waals surface area contributed by atoms with Gasteiger partial charge in [0, 0.05) is 39.8 Å². The number of hydrogen-bond acceptors (Lipinski definition) is 3. The zero-order chi connectivity index (χ0) is 23.4. The summed E-state index contributed by atoms with van der Waals surface area (Å²) >= 11 is 3.38. The second kappa shape index (κ2) is 13.6. The molecule has 0 bridgehead atoms. The number of benzene rings is 1. The predicted octanol–water partition coefficient (Wildman–Crippen LogP) is 7.40. The van der Waals surface area contributed by atoms with E-state index < -0.39 is 0 Å². The van der Waals surface area contributed by atoms with Gasteiger partial charge in [-0.3, -0.25) is 4.99 Å². The highest BCUT2D eigenvalue weighted by Gasteiger charge is 2.19. The molecule has 0 aliphatic carbocycles. The van der Waals surface area contributed by atoms with Crippen molar-refractivity contribution in [1.82, 2.24) is 4.90 Å². The molecule has 1 atom stereocenters. The molecule has 3 nitrogen and oxygen atoms in total. The van der Waals surface area contributed by atoms with E-state index in [-0.39, 0.29) is 11.9 Å². The van der Waals surface area contributed by atoms with Gasteiger partial charge in [0.15, 0.2) is 0 Å². The summed E-state index contributed by atoms with van der Waals surface area (Å²) < 4.78 is 20.9. The van der Waals surface area contributed by atoms with Crippen LogP contribution in [0.15, 0.2) is 89.7 Å². The molecule has 0 aliphatic rings. The number of hydrogen-bond donors (Lipinski definition) is 0. The molecule has 0 N–H and O–H groups in total. The van der Waals surface area contributed by atoms with Crippen molar-refractivity contribution in [2.24, 2.45) is 4.99 Å². The van der Waals surface area contributed by atoms with Gasteiger partial charge >= 0.3 is 0 Å². The minimum atomic E-state index is -0.312. The van der Waals surface area contributed by atoms with Gasteiger partial charge in [0.2, 0.25) is 0 Å². The lowest BCUT2D eigenvalue weighted by atomic mass is 9.99. The zero-order valence-electron chi connectivity index (χ0n) is 18.9. The largest absolute Gasteiger partial charge is 0.496 e. The molecule has 31 heavy (non-hydrogen) atoms. The monoisotopic (exact) mass is 486 g/mol. The summed E-state index contributed by atoms with van der Waals surface area (Å²) in [5.74, 6) is 0.475. The van der Waals surface area contributed by atoms with Crippen molar-refractivity contribution >= 4 is 27.3 Å². The first kappa shape index (κ1) is 26.4. The van der Waals surface area contributed by atoms with Gasteiger partial charge in [-0.25, -0.2) is 4.39 Å². The van der Waals surface area contributed by atoms with E-state index in [9.17, 15) is 4.39 Å². The molecule has 0 aromatic heterocycles. The van der Waals surface area contributed by atoms with Gasteiger partial charge in [0.05, 0.1) is 11.8 Å². The van der Waals surface area contributed by atoms with Crippen LogP contribution in [0.2, 0.25) is 0 Å². The van der Waals surface area contributed by atoms with Crippen LogP contribution < -0.4 is 0 Å². The highest BCUT2D eigenvalue weighted by Crippen LogP contribution is 2.25. The van der Waals surface area contributed by atoms with Gasteiger partial charge in [0.25, 0.3) is 0 Å². The average molecular weight is 487 g/mol. The van der Waals surface area contributed by atoms with Crippen LogP contribution in [0.3, 0.4) is 0 Å². The van der Waals surface area contributed by atoms with Crippen LogP contribution in [0.25, 0.3) is 5.70 Å². The van der Waals surface area contributed by atoms with Gasteiger partial charge in [-0.1, -0.05) is 47.8 Å². The minimum Gasteiger partial charge on any atom is -0.496 e. The molecular weight excluding hydrogens is 455 g/mol. The van der Waals surface area contributed by atoms with E-state index in [2.05, 4.69) is 52.5 Å². The molecule has 0 radical (unpaired) electrons. The first-order chi connectivity index (χ1) is 14.7. The SMILES string of the molecule is C=C/C=C\N=C(/C)c1ccc(F)cc1C(=C)N(CC)C(C)CO/C(C)=C/C=C(/Br)C=C. The second-order valence-corrected chi connectivity index (χ2v) is 7.82. The molecule has 0 spiro atoms. The zero-order valence-corrected chi connectivity index (χ0v) is 20.5. The van der Waals surface area contributed by atoms with Crippen LogP contribution in [-0.4, -0.2) is 29.8 Å². The Kier molecular flexibility index (Phi) is 11.6. The Morgan fingerprint density at radius 1 is 1.26 bits per heavy atom. The van der Waals surface area contributed by atoms with Crippen molar-refractivity contribution in [1.29, 1.82) is 0 Å². The smallest absolute Gasteiger partial charge is 0.123 e. The third-order valence-electron chi connectivity index (χ3n) is 4.62. The Morgan fingerprint density at radius 3 is 2.58 bits per heavy atom. The maximum atomic E-state index is 14.1. The molecule has 0 saturated carbocycles. The maximum Gasteiger partial charge on any atom is 0.123 e. The number of rotatable bonds is 12. The lowest BCUT2D eigenvalue weighted by molar-refractivity contribution is 0.145. The van der Waals surface area contributed by atoms with Crippen LogP contribution in [0, 0.1) is 5.82 Å². The highest BCUT2D eigenvalue weighted by atomic mass is 79.9.